The molecule has 33 heavy (non-hydrogen) atoms. The Hall–Kier alpha value is -3.45. The van der Waals surface area contributed by atoms with Gasteiger partial charge in [0, 0.05) is 29.0 Å². The van der Waals surface area contributed by atoms with E-state index in [-0.39, 0.29) is 17.9 Å². The van der Waals surface area contributed by atoms with Gasteiger partial charge in [0.15, 0.2) is 0 Å². The number of pyridine rings is 1. The normalized spacial score (nSPS) is 17.4. The zero-order valence-electron chi connectivity index (χ0n) is 18.3. The van der Waals surface area contributed by atoms with Gasteiger partial charge in [-0.3, -0.25) is 14.6 Å². The van der Waals surface area contributed by atoms with Crippen LogP contribution in [0.5, 0.6) is 5.75 Å². The van der Waals surface area contributed by atoms with Gasteiger partial charge in [-0.1, -0.05) is 34.1 Å². The Balaban J connectivity index is 1.85. The highest BCUT2D eigenvalue weighted by Gasteiger charge is 2.46. The standard InChI is InChI=1S/C26H23BrN2O4/c1-3-33-20-10-11-21(16(2)13-20)24(30)22-23(18-6-8-19(27)9-7-18)29(26(32)25(22)31)15-17-5-4-12-28-14-17/h4-14,23,30H,3,15H2,1-2H3/t23-/m0/s1. The average molecular weight is 507 g/mol. The minimum Gasteiger partial charge on any atom is -0.507 e. The topological polar surface area (TPSA) is 79.7 Å². The van der Waals surface area contributed by atoms with Crippen LogP contribution in [-0.2, 0) is 16.1 Å². The molecule has 0 radical (unpaired) electrons. The van der Waals surface area contributed by atoms with E-state index in [1.54, 1.807) is 36.7 Å². The maximum absolute atomic E-state index is 13.2. The van der Waals surface area contributed by atoms with E-state index in [0.29, 0.717) is 17.9 Å². The summed E-state index contributed by atoms with van der Waals surface area (Å²) in [4.78, 5) is 31.9. The van der Waals surface area contributed by atoms with Crippen molar-refractivity contribution in [3.05, 3.63) is 99.3 Å². The predicted molar refractivity (Wildman–Crippen MR) is 129 cm³/mol. The van der Waals surface area contributed by atoms with Crippen molar-refractivity contribution in [1.82, 2.24) is 9.88 Å². The highest BCUT2D eigenvalue weighted by atomic mass is 79.9. The van der Waals surface area contributed by atoms with Crippen LogP contribution in [0, 0.1) is 6.92 Å². The lowest BCUT2D eigenvalue weighted by Crippen LogP contribution is -2.29. The fourth-order valence-corrected chi connectivity index (χ4v) is 4.29. The number of hydrogen-bond acceptors (Lipinski definition) is 5. The maximum atomic E-state index is 13.2. The quantitative estimate of drug-likeness (QED) is 0.283. The number of nitrogens with zero attached hydrogens (tertiary/aromatic N) is 2. The first-order valence-corrected chi connectivity index (χ1v) is 11.4. The molecule has 0 bridgehead atoms. The van der Waals surface area contributed by atoms with Crippen molar-refractivity contribution in [2.24, 2.45) is 0 Å². The van der Waals surface area contributed by atoms with Gasteiger partial charge in [-0.15, -0.1) is 0 Å². The number of aromatic nitrogens is 1. The molecular weight excluding hydrogens is 484 g/mol. The number of aliphatic hydroxyl groups is 1. The number of carbonyl (C=O) groups is 2. The smallest absolute Gasteiger partial charge is 0.295 e. The van der Waals surface area contributed by atoms with E-state index in [9.17, 15) is 14.7 Å². The van der Waals surface area contributed by atoms with Crippen LogP contribution in [-0.4, -0.2) is 33.3 Å². The molecule has 1 saturated heterocycles. The number of likely N-dealkylation sites (tertiary alicyclic amines) is 1. The summed E-state index contributed by atoms with van der Waals surface area (Å²) >= 11 is 3.43. The third-order valence-corrected chi connectivity index (χ3v) is 6.09. The fraction of sp³-hybridized carbons (Fsp3) is 0.192. The van der Waals surface area contributed by atoms with E-state index >= 15 is 0 Å². The monoisotopic (exact) mass is 506 g/mol. The second-order valence-electron chi connectivity index (χ2n) is 7.75. The number of hydrogen-bond donors (Lipinski definition) is 1. The number of amides is 1. The molecule has 1 aliphatic rings. The molecule has 0 unspecified atom stereocenters. The SMILES string of the molecule is CCOc1ccc(C(O)=C2C(=O)C(=O)N(Cc3cccnc3)[C@H]2c2ccc(Br)cc2)c(C)c1. The Bertz CT molecular complexity index is 1220. The largest absolute Gasteiger partial charge is 0.507 e. The van der Waals surface area contributed by atoms with Crippen LogP contribution in [0.3, 0.4) is 0 Å². The van der Waals surface area contributed by atoms with Crippen molar-refractivity contribution in [3.8, 4) is 5.75 Å². The van der Waals surface area contributed by atoms with E-state index in [1.807, 2.05) is 44.2 Å². The lowest BCUT2D eigenvalue weighted by atomic mass is 9.94. The molecule has 1 amide bonds. The molecule has 1 aliphatic heterocycles. The number of ketones is 1. The average Bonchev–Trinajstić information content (AvgIpc) is 3.05. The van der Waals surface area contributed by atoms with Crippen LogP contribution in [0.25, 0.3) is 5.76 Å². The lowest BCUT2D eigenvalue weighted by molar-refractivity contribution is -0.140. The van der Waals surface area contributed by atoms with Crippen molar-refractivity contribution in [2.75, 3.05) is 6.61 Å². The third-order valence-electron chi connectivity index (χ3n) is 5.57. The second-order valence-corrected chi connectivity index (χ2v) is 8.67. The van der Waals surface area contributed by atoms with E-state index in [4.69, 9.17) is 4.74 Å². The molecule has 1 aromatic heterocycles. The van der Waals surface area contributed by atoms with Gasteiger partial charge in [0.25, 0.3) is 11.7 Å². The predicted octanol–water partition coefficient (Wildman–Crippen LogP) is 5.17. The van der Waals surface area contributed by atoms with Crippen molar-refractivity contribution in [2.45, 2.75) is 26.4 Å². The Morgan fingerprint density at radius 2 is 1.91 bits per heavy atom. The summed E-state index contributed by atoms with van der Waals surface area (Å²) in [7, 11) is 0. The number of halogens is 1. The first kappa shape index (κ1) is 22.7. The van der Waals surface area contributed by atoms with Crippen LogP contribution in [0.2, 0.25) is 0 Å². The number of aryl methyl sites for hydroxylation is 1. The second kappa shape index (κ2) is 9.58. The molecule has 0 saturated carbocycles. The Kier molecular flexibility index (Phi) is 6.60. The number of Topliss-reactive ketones (excluding diaryl/α,β-unsaturated/α-hetero) is 1. The molecule has 1 N–H and O–H groups in total. The zero-order valence-corrected chi connectivity index (χ0v) is 19.9. The number of aliphatic hydroxyl groups excluding tert-OH is 1. The van der Waals surface area contributed by atoms with Crippen LogP contribution < -0.4 is 4.74 Å². The summed E-state index contributed by atoms with van der Waals surface area (Å²) in [5, 5.41) is 11.3. The van der Waals surface area contributed by atoms with E-state index in [0.717, 1.165) is 21.2 Å². The molecule has 4 rings (SSSR count). The molecule has 2 aromatic carbocycles. The molecule has 2 heterocycles. The van der Waals surface area contributed by atoms with Gasteiger partial charge in [0.2, 0.25) is 0 Å². The van der Waals surface area contributed by atoms with Crippen molar-refractivity contribution >= 4 is 33.4 Å². The van der Waals surface area contributed by atoms with Crippen molar-refractivity contribution in [1.29, 1.82) is 0 Å². The molecule has 168 valence electrons. The van der Waals surface area contributed by atoms with Crippen LogP contribution in [0.1, 0.15) is 35.2 Å². The molecule has 0 spiro atoms. The first-order chi connectivity index (χ1) is 15.9. The van der Waals surface area contributed by atoms with Crippen LogP contribution in [0.15, 0.2) is 77.0 Å². The highest BCUT2D eigenvalue weighted by Crippen LogP contribution is 2.41. The number of carbonyl (C=O) groups excluding carboxylic acids is 2. The summed E-state index contributed by atoms with van der Waals surface area (Å²) in [6.07, 6.45) is 3.31. The number of ether oxygens (including phenoxy) is 1. The van der Waals surface area contributed by atoms with E-state index in [2.05, 4.69) is 20.9 Å². The summed E-state index contributed by atoms with van der Waals surface area (Å²) in [6, 6.07) is 15.5. The van der Waals surface area contributed by atoms with Crippen LogP contribution in [0.4, 0.5) is 0 Å². The van der Waals surface area contributed by atoms with E-state index in [1.165, 1.54) is 4.90 Å². The minimum absolute atomic E-state index is 0.0680. The summed E-state index contributed by atoms with van der Waals surface area (Å²) in [6.45, 7) is 4.44. The third kappa shape index (κ3) is 4.54. The number of benzene rings is 2. The van der Waals surface area contributed by atoms with Gasteiger partial charge in [-0.05, 0) is 66.9 Å². The van der Waals surface area contributed by atoms with E-state index < -0.39 is 17.7 Å². The molecule has 0 aliphatic carbocycles. The van der Waals surface area contributed by atoms with Gasteiger partial charge in [0.1, 0.15) is 11.5 Å². The van der Waals surface area contributed by atoms with Gasteiger partial charge < -0.3 is 14.7 Å². The molecule has 3 aromatic rings. The maximum Gasteiger partial charge on any atom is 0.295 e. The van der Waals surface area contributed by atoms with Crippen LogP contribution >= 0.6 is 15.9 Å². The molecular formula is C26H23BrN2O4. The van der Waals surface area contributed by atoms with Crippen molar-refractivity contribution in [3.63, 3.8) is 0 Å². The molecule has 6 nitrogen and oxygen atoms in total. The van der Waals surface area contributed by atoms with Gasteiger partial charge in [-0.2, -0.15) is 0 Å². The highest BCUT2D eigenvalue weighted by molar-refractivity contribution is 9.10. The summed E-state index contributed by atoms with van der Waals surface area (Å²) in [5.41, 5.74) is 2.81. The molecule has 1 fully saturated rings. The minimum atomic E-state index is -0.732. The lowest BCUT2D eigenvalue weighted by Gasteiger charge is -2.25. The molecule has 1 atom stereocenters. The number of rotatable bonds is 6. The molecule has 7 heteroatoms. The fourth-order valence-electron chi connectivity index (χ4n) is 4.03. The first-order valence-electron chi connectivity index (χ1n) is 10.6. The summed E-state index contributed by atoms with van der Waals surface area (Å²) in [5.74, 6) is -0.891. The zero-order chi connectivity index (χ0) is 23.5. The van der Waals surface area contributed by atoms with Gasteiger partial charge in [0.05, 0.1) is 18.2 Å². The van der Waals surface area contributed by atoms with Gasteiger partial charge in [-0.25, -0.2) is 0 Å². The van der Waals surface area contributed by atoms with Gasteiger partial charge >= 0.3 is 0 Å². The Labute approximate surface area is 200 Å². The Morgan fingerprint density at radius 1 is 1.15 bits per heavy atom. The summed E-state index contributed by atoms with van der Waals surface area (Å²) < 4.78 is 6.41. The Morgan fingerprint density at radius 3 is 2.55 bits per heavy atom. The van der Waals surface area contributed by atoms with Crippen molar-refractivity contribution < 1.29 is 19.4 Å².